The lowest BCUT2D eigenvalue weighted by atomic mass is 10.1. The molecule has 5 nitrogen and oxygen atoms in total. The third kappa shape index (κ3) is 5.49. The Kier molecular flexibility index (Phi) is 5.87. The number of nitrogens with zero attached hydrogens (tertiary/aromatic N) is 3. The van der Waals surface area contributed by atoms with Crippen LogP contribution >= 0.6 is 11.3 Å². The molecule has 0 fully saturated rings. The summed E-state index contributed by atoms with van der Waals surface area (Å²) in [5.74, 6) is 0.325. The minimum absolute atomic E-state index is 0.200. The van der Waals surface area contributed by atoms with Crippen LogP contribution in [0.1, 0.15) is 24.4 Å². The number of hydrogen-bond donors (Lipinski definition) is 1. The molecule has 0 saturated carbocycles. The molecule has 1 amide bonds. The van der Waals surface area contributed by atoms with Gasteiger partial charge < -0.3 is 4.90 Å². The van der Waals surface area contributed by atoms with Crippen molar-refractivity contribution in [3.63, 3.8) is 0 Å². The summed E-state index contributed by atoms with van der Waals surface area (Å²) in [6.45, 7) is 4.26. The number of carbonyl (C=O) groups excluding carboxylic acids is 1. The van der Waals surface area contributed by atoms with Gasteiger partial charge in [0.2, 0.25) is 11.0 Å². The van der Waals surface area contributed by atoms with E-state index in [-0.39, 0.29) is 5.91 Å². The minimum Gasteiger partial charge on any atom is -0.378 e. The van der Waals surface area contributed by atoms with Crippen molar-refractivity contribution < 1.29 is 4.79 Å². The minimum atomic E-state index is -0.200. The molecule has 122 valence electrons. The van der Waals surface area contributed by atoms with Gasteiger partial charge in [-0.15, -0.1) is 10.2 Å². The number of carbonyl (C=O) groups is 1. The van der Waals surface area contributed by atoms with Gasteiger partial charge in [-0.3, -0.25) is 10.1 Å². The van der Waals surface area contributed by atoms with Gasteiger partial charge in [-0.25, -0.2) is 0 Å². The smallest absolute Gasteiger partial charge is 0.250 e. The molecule has 0 atom stereocenters. The molecule has 0 saturated heterocycles. The first kappa shape index (κ1) is 17.1. The number of amides is 1. The van der Waals surface area contributed by atoms with Gasteiger partial charge >= 0.3 is 0 Å². The Bertz CT molecular complexity index is 674. The lowest BCUT2D eigenvalue weighted by Gasteiger charge is -2.11. The van der Waals surface area contributed by atoms with Crippen LogP contribution in [0.3, 0.4) is 0 Å². The van der Waals surface area contributed by atoms with Gasteiger partial charge in [0.1, 0.15) is 5.01 Å². The average Bonchev–Trinajstić information content (AvgIpc) is 2.91. The molecular weight excluding hydrogens is 308 g/mol. The maximum Gasteiger partial charge on any atom is 0.250 e. The lowest BCUT2D eigenvalue weighted by Crippen LogP contribution is -2.08. The molecule has 0 unspecified atom stereocenters. The van der Waals surface area contributed by atoms with Crippen LogP contribution in [0.15, 0.2) is 30.3 Å². The molecule has 1 N–H and O–H groups in total. The molecule has 6 heteroatoms. The number of anilines is 2. The van der Waals surface area contributed by atoms with Crippen LogP contribution in [0.2, 0.25) is 0 Å². The molecule has 0 radical (unpaired) electrons. The normalized spacial score (nSPS) is 11.2. The standard InChI is InChI=1S/C17H22N4OS/c1-12(2)11-16-19-20-17(23-16)18-15(22)10-7-13-5-8-14(9-6-13)21(3)4/h5-10,12H,11H2,1-4H3,(H,18,20,22)/b10-7+. The van der Waals surface area contributed by atoms with Crippen molar-refractivity contribution in [2.24, 2.45) is 5.92 Å². The Morgan fingerprint density at radius 2 is 1.96 bits per heavy atom. The van der Waals surface area contributed by atoms with Crippen molar-refractivity contribution in [3.05, 3.63) is 40.9 Å². The zero-order valence-corrected chi connectivity index (χ0v) is 14.7. The summed E-state index contributed by atoms with van der Waals surface area (Å²) < 4.78 is 0. The Morgan fingerprint density at radius 1 is 1.26 bits per heavy atom. The summed E-state index contributed by atoms with van der Waals surface area (Å²) in [6.07, 6.45) is 4.17. The molecule has 0 aliphatic rings. The molecule has 1 aromatic heterocycles. The zero-order valence-electron chi connectivity index (χ0n) is 13.9. The molecule has 0 bridgehead atoms. The van der Waals surface area contributed by atoms with Crippen LogP contribution in [-0.4, -0.2) is 30.2 Å². The first-order chi connectivity index (χ1) is 10.9. The lowest BCUT2D eigenvalue weighted by molar-refractivity contribution is -0.111. The molecular formula is C17H22N4OS. The average molecular weight is 330 g/mol. The molecule has 1 heterocycles. The summed E-state index contributed by atoms with van der Waals surface area (Å²) in [6, 6.07) is 7.98. The van der Waals surface area contributed by atoms with Crippen LogP contribution in [0.25, 0.3) is 6.08 Å². The van der Waals surface area contributed by atoms with E-state index in [4.69, 9.17) is 0 Å². The van der Waals surface area contributed by atoms with Gasteiger partial charge in [-0.2, -0.15) is 0 Å². The fourth-order valence-corrected chi connectivity index (χ4v) is 2.89. The van der Waals surface area contributed by atoms with Crippen LogP contribution in [-0.2, 0) is 11.2 Å². The van der Waals surface area contributed by atoms with E-state index in [1.807, 2.05) is 43.3 Å². The van der Waals surface area contributed by atoms with Gasteiger partial charge in [0.25, 0.3) is 0 Å². The highest BCUT2D eigenvalue weighted by Gasteiger charge is 2.07. The van der Waals surface area contributed by atoms with Crippen molar-refractivity contribution >= 4 is 34.1 Å². The number of aromatic nitrogens is 2. The third-order valence-electron chi connectivity index (χ3n) is 3.12. The Morgan fingerprint density at radius 3 is 2.57 bits per heavy atom. The van der Waals surface area contributed by atoms with E-state index in [0.717, 1.165) is 22.7 Å². The summed E-state index contributed by atoms with van der Waals surface area (Å²) in [4.78, 5) is 14.0. The van der Waals surface area contributed by atoms with Crippen LogP contribution in [0.4, 0.5) is 10.8 Å². The highest BCUT2D eigenvalue weighted by atomic mass is 32.1. The quantitative estimate of drug-likeness (QED) is 0.824. The Balaban J connectivity index is 1.92. The summed E-state index contributed by atoms with van der Waals surface area (Å²) in [7, 11) is 3.99. The van der Waals surface area contributed by atoms with E-state index in [0.29, 0.717) is 11.0 Å². The molecule has 1 aromatic carbocycles. The predicted octanol–water partition coefficient (Wildman–Crippen LogP) is 3.45. The van der Waals surface area contributed by atoms with E-state index in [2.05, 4.69) is 29.4 Å². The summed E-state index contributed by atoms with van der Waals surface area (Å²) in [5, 5.41) is 12.3. The summed E-state index contributed by atoms with van der Waals surface area (Å²) >= 11 is 1.42. The molecule has 23 heavy (non-hydrogen) atoms. The third-order valence-corrected chi connectivity index (χ3v) is 3.98. The zero-order chi connectivity index (χ0) is 16.8. The number of rotatable bonds is 6. The molecule has 2 aromatic rings. The number of nitrogens with one attached hydrogen (secondary N) is 1. The molecule has 0 spiro atoms. The van der Waals surface area contributed by atoms with E-state index in [9.17, 15) is 4.79 Å². The van der Waals surface area contributed by atoms with Crippen molar-refractivity contribution in [2.75, 3.05) is 24.3 Å². The topological polar surface area (TPSA) is 58.1 Å². The van der Waals surface area contributed by atoms with Crippen molar-refractivity contribution in [2.45, 2.75) is 20.3 Å². The SMILES string of the molecule is CC(C)Cc1nnc(NC(=O)/C=C/c2ccc(N(C)C)cc2)s1. The fourth-order valence-electron chi connectivity index (χ4n) is 1.94. The van der Waals surface area contributed by atoms with Gasteiger partial charge in [0.05, 0.1) is 0 Å². The number of hydrogen-bond acceptors (Lipinski definition) is 5. The highest BCUT2D eigenvalue weighted by Crippen LogP contribution is 2.18. The van der Waals surface area contributed by atoms with Gasteiger partial charge in [0, 0.05) is 32.3 Å². The van der Waals surface area contributed by atoms with Crippen molar-refractivity contribution in [1.29, 1.82) is 0 Å². The maximum atomic E-state index is 11.9. The van der Waals surface area contributed by atoms with E-state index in [1.165, 1.54) is 17.4 Å². The Labute approximate surface area is 141 Å². The monoisotopic (exact) mass is 330 g/mol. The molecule has 2 rings (SSSR count). The largest absolute Gasteiger partial charge is 0.378 e. The van der Waals surface area contributed by atoms with Crippen molar-refractivity contribution in [1.82, 2.24) is 10.2 Å². The van der Waals surface area contributed by atoms with Crippen LogP contribution < -0.4 is 10.2 Å². The van der Waals surface area contributed by atoms with Crippen LogP contribution in [0, 0.1) is 5.92 Å². The first-order valence-electron chi connectivity index (χ1n) is 7.53. The predicted molar refractivity (Wildman–Crippen MR) is 96.9 cm³/mol. The molecule has 0 aliphatic carbocycles. The van der Waals surface area contributed by atoms with E-state index < -0.39 is 0 Å². The van der Waals surface area contributed by atoms with Gasteiger partial charge in [-0.05, 0) is 29.7 Å². The second-order valence-electron chi connectivity index (χ2n) is 5.91. The van der Waals surface area contributed by atoms with Crippen molar-refractivity contribution in [3.8, 4) is 0 Å². The molecule has 0 aliphatic heterocycles. The highest BCUT2D eigenvalue weighted by molar-refractivity contribution is 7.15. The number of benzene rings is 1. The summed E-state index contributed by atoms with van der Waals surface area (Å²) in [5.41, 5.74) is 2.10. The Hall–Kier alpha value is -2.21. The van der Waals surface area contributed by atoms with E-state index >= 15 is 0 Å². The first-order valence-corrected chi connectivity index (χ1v) is 8.34. The fraction of sp³-hybridized carbons (Fsp3) is 0.353. The second-order valence-corrected chi connectivity index (χ2v) is 6.97. The van der Waals surface area contributed by atoms with Gasteiger partial charge in [-0.1, -0.05) is 37.3 Å². The second kappa shape index (κ2) is 7.87. The van der Waals surface area contributed by atoms with Crippen LogP contribution in [0.5, 0.6) is 0 Å². The van der Waals surface area contributed by atoms with Gasteiger partial charge in [0.15, 0.2) is 0 Å². The maximum absolute atomic E-state index is 11.9. The van der Waals surface area contributed by atoms with E-state index in [1.54, 1.807) is 6.08 Å².